The third kappa shape index (κ3) is 4.83. The van der Waals surface area contributed by atoms with Crippen molar-refractivity contribution in [3.8, 4) is 28.7 Å². The number of rotatable bonds is 5. The van der Waals surface area contributed by atoms with Gasteiger partial charge in [0.05, 0.1) is 12.8 Å². The second-order valence-corrected chi connectivity index (χ2v) is 8.99. The molecule has 3 aromatic carbocycles. The molecule has 2 N–H and O–H groups in total. The van der Waals surface area contributed by atoms with Crippen LogP contribution in [-0.4, -0.2) is 36.3 Å². The number of carbonyl (C=O) groups excluding carboxylic acids is 1. The number of ether oxygens (including phenoxy) is 3. The van der Waals surface area contributed by atoms with E-state index in [1.54, 1.807) is 31.4 Å². The number of hydrogen-bond donors (Lipinski definition) is 2. The van der Waals surface area contributed by atoms with Crippen molar-refractivity contribution < 1.29 is 23.4 Å². The van der Waals surface area contributed by atoms with Gasteiger partial charge in [-0.2, -0.15) is 0 Å². The predicted molar refractivity (Wildman–Crippen MR) is 141 cm³/mol. The predicted octanol–water partition coefficient (Wildman–Crippen LogP) is 5.52. The molecule has 0 atom stereocenters. The van der Waals surface area contributed by atoms with Gasteiger partial charge >= 0.3 is 0 Å². The molecule has 0 unspecified atom stereocenters. The van der Waals surface area contributed by atoms with E-state index in [0.29, 0.717) is 59.1 Å². The molecule has 8 nitrogen and oxygen atoms in total. The number of benzene rings is 3. The molecule has 4 aromatic rings. The van der Waals surface area contributed by atoms with Crippen molar-refractivity contribution in [2.24, 2.45) is 0 Å². The molecule has 0 fully saturated rings. The van der Waals surface area contributed by atoms with E-state index in [1.807, 2.05) is 30.3 Å². The fraction of sp³-hybridized carbons (Fsp3) is 0.222. The Labute approximate surface area is 213 Å². The van der Waals surface area contributed by atoms with Crippen LogP contribution in [0.1, 0.15) is 35.7 Å². The van der Waals surface area contributed by atoms with Crippen molar-refractivity contribution in [1.82, 2.24) is 10.3 Å². The number of thiocarbonyl (C=S) groups is 1. The molecule has 0 aliphatic carbocycles. The highest BCUT2D eigenvalue weighted by Gasteiger charge is 2.17. The van der Waals surface area contributed by atoms with Gasteiger partial charge in [0.1, 0.15) is 24.5 Å². The van der Waals surface area contributed by atoms with Crippen molar-refractivity contribution in [2.75, 3.05) is 25.6 Å². The van der Waals surface area contributed by atoms with Crippen LogP contribution in [0.4, 0.5) is 5.69 Å². The van der Waals surface area contributed by atoms with Crippen molar-refractivity contribution >= 4 is 40.0 Å². The number of aromatic nitrogens is 1. The van der Waals surface area contributed by atoms with Crippen LogP contribution in [0.5, 0.6) is 17.2 Å². The zero-order chi connectivity index (χ0) is 25.2. The van der Waals surface area contributed by atoms with E-state index >= 15 is 0 Å². The lowest BCUT2D eigenvalue weighted by Crippen LogP contribution is -2.34. The number of nitrogens with one attached hydrogen (secondary N) is 2. The summed E-state index contributed by atoms with van der Waals surface area (Å²) in [6, 6.07) is 16.5. The molecule has 1 aliphatic heterocycles. The Morgan fingerprint density at radius 3 is 2.61 bits per heavy atom. The second kappa shape index (κ2) is 9.87. The molecule has 0 bridgehead atoms. The van der Waals surface area contributed by atoms with E-state index in [9.17, 15) is 4.79 Å². The molecular weight excluding hydrogens is 478 g/mol. The first-order valence-electron chi connectivity index (χ1n) is 11.5. The molecule has 1 amide bonds. The quantitative estimate of drug-likeness (QED) is 0.344. The van der Waals surface area contributed by atoms with Crippen LogP contribution in [0.2, 0.25) is 0 Å². The van der Waals surface area contributed by atoms with Gasteiger partial charge in [0.2, 0.25) is 5.89 Å². The Balaban J connectivity index is 1.34. The fourth-order valence-electron chi connectivity index (χ4n) is 3.88. The largest absolute Gasteiger partial charge is 0.495 e. The van der Waals surface area contributed by atoms with Gasteiger partial charge in [-0.25, -0.2) is 4.98 Å². The first-order chi connectivity index (χ1) is 17.4. The summed E-state index contributed by atoms with van der Waals surface area (Å²) in [6.45, 7) is 5.20. The number of nitrogens with zero attached hydrogens (tertiary/aromatic N) is 1. The Morgan fingerprint density at radius 1 is 1.03 bits per heavy atom. The molecule has 5 rings (SSSR count). The van der Waals surface area contributed by atoms with Crippen LogP contribution in [-0.2, 0) is 0 Å². The van der Waals surface area contributed by atoms with Crippen LogP contribution < -0.4 is 24.8 Å². The van der Waals surface area contributed by atoms with Crippen molar-refractivity contribution in [2.45, 2.75) is 19.8 Å². The highest BCUT2D eigenvalue weighted by Crippen LogP contribution is 2.33. The summed E-state index contributed by atoms with van der Waals surface area (Å²) in [4.78, 5) is 17.4. The Hall–Kier alpha value is -4.11. The average molecular weight is 504 g/mol. The zero-order valence-electron chi connectivity index (χ0n) is 20.1. The summed E-state index contributed by atoms with van der Waals surface area (Å²) in [5, 5.41) is 5.85. The minimum absolute atomic E-state index is 0.115. The van der Waals surface area contributed by atoms with E-state index in [0.717, 1.165) is 11.1 Å². The number of amides is 1. The fourth-order valence-corrected chi connectivity index (χ4v) is 4.08. The van der Waals surface area contributed by atoms with E-state index in [-0.39, 0.29) is 11.0 Å². The molecule has 0 spiro atoms. The molecule has 0 radical (unpaired) electrons. The number of fused-ring (bicyclic) bond motifs is 2. The summed E-state index contributed by atoms with van der Waals surface area (Å²) in [6.07, 6.45) is 0. The summed E-state index contributed by atoms with van der Waals surface area (Å²) in [5.41, 5.74) is 4.40. The standard InChI is InChI=1S/C27H25N3O5S/c1-15(2)16-4-8-22-20(12-16)28-26(35-22)18-6-7-21(32-3)19(13-18)29-27(36)30-25(31)17-5-9-23-24(14-17)34-11-10-33-23/h4-9,12-15H,10-11H2,1-3H3,(H2,29,30,31,36). The summed E-state index contributed by atoms with van der Waals surface area (Å²) >= 11 is 5.40. The first kappa shape index (κ1) is 23.6. The highest BCUT2D eigenvalue weighted by molar-refractivity contribution is 7.80. The number of carbonyl (C=O) groups is 1. The Morgan fingerprint density at radius 2 is 1.83 bits per heavy atom. The SMILES string of the molecule is COc1ccc(-c2nc3cc(C(C)C)ccc3o2)cc1NC(=S)NC(=O)c1ccc2c(c1)OCCO2. The maximum atomic E-state index is 12.8. The molecule has 184 valence electrons. The average Bonchev–Trinajstić information content (AvgIpc) is 3.32. The maximum absolute atomic E-state index is 12.8. The van der Waals surface area contributed by atoms with Gasteiger partial charge in [-0.05, 0) is 72.2 Å². The number of methoxy groups -OCH3 is 1. The normalized spacial score (nSPS) is 12.4. The van der Waals surface area contributed by atoms with E-state index in [1.165, 1.54) is 5.56 Å². The minimum atomic E-state index is -0.375. The van der Waals surface area contributed by atoms with Crippen molar-refractivity contribution in [3.63, 3.8) is 0 Å². The van der Waals surface area contributed by atoms with Gasteiger partial charge in [0, 0.05) is 11.1 Å². The third-order valence-corrected chi connectivity index (χ3v) is 6.01. The number of hydrogen-bond acceptors (Lipinski definition) is 7. The number of oxazole rings is 1. The summed E-state index contributed by atoms with van der Waals surface area (Å²) in [5.74, 6) is 2.18. The lowest BCUT2D eigenvalue weighted by Gasteiger charge is -2.19. The zero-order valence-corrected chi connectivity index (χ0v) is 20.9. The van der Waals surface area contributed by atoms with E-state index in [2.05, 4.69) is 29.5 Å². The molecule has 1 aliphatic rings. The van der Waals surface area contributed by atoms with Crippen molar-refractivity contribution in [3.05, 3.63) is 65.7 Å². The molecule has 36 heavy (non-hydrogen) atoms. The molecule has 9 heteroatoms. The summed E-state index contributed by atoms with van der Waals surface area (Å²) in [7, 11) is 1.56. The lowest BCUT2D eigenvalue weighted by atomic mass is 10.0. The molecule has 0 saturated carbocycles. The molecule has 2 heterocycles. The Kier molecular flexibility index (Phi) is 6.47. The highest BCUT2D eigenvalue weighted by atomic mass is 32.1. The lowest BCUT2D eigenvalue weighted by molar-refractivity contribution is 0.0976. The second-order valence-electron chi connectivity index (χ2n) is 8.58. The van der Waals surface area contributed by atoms with Crippen molar-refractivity contribution in [1.29, 1.82) is 0 Å². The number of anilines is 1. The molecule has 0 saturated heterocycles. The maximum Gasteiger partial charge on any atom is 0.257 e. The monoisotopic (exact) mass is 503 g/mol. The van der Waals surface area contributed by atoms with Crippen LogP contribution in [0.3, 0.4) is 0 Å². The molecular formula is C27H25N3O5S. The minimum Gasteiger partial charge on any atom is -0.495 e. The van der Waals surface area contributed by atoms with Gasteiger partial charge in [0.15, 0.2) is 22.2 Å². The van der Waals surface area contributed by atoms with Crippen LogP contribution >= 0.6 is 12.2 Å². The molecule has 1 aromatic heterocycles. The Bertz CT molecular complexity index is 1460. The van der Waals surface area contributed by atoms with Crippen LogP contribution in [0.25, 0.3) is 22.6 Å². The topological polar surface area (TPSA) is 94.9 Å². The third-order valence-electron chi connectivity index (χ3n) is 5.80. The summed E-state index contributed by atoms with van der Waals surface area (Å²) < 4.78 is 22.5. The van der Waals surface area contributed by atoms with Gasteiger partial charge in [-0.3, -0.25) is 10.1 Å². The van der Waals surface area contributed by atoms with Gasteiger partial charge in [-0.15, -0.1) is 0 Å². The van der Waals surface area contributed by atoms with E-state index < -0.39 is 0 Å². The van der Waals surface area contributed by atoms with Gasteiger partial charge in [0.25, 0.3) is 5.91 Å². The smallest absolute Gasteiger partial charge is 0.257 e. The first-order valence-corrected chi connectivity index (χ1v) is 11.9. The van der Waals surface area contributed by atoms with Gasteiger partial charge in [-0.1, -0.05) is 19.9 Å². The van der Waals surface area contributed by atoms with Crippen LogP contribution in [0, 0.1) is 0 Å². The van der Waals surface area contributed by atoms with Gasteiger partial charge < -0.3 is 23.9 Å². The van der Waals surface area contributed by atoms with Crippen LogP contribution in [0.15, 0.2) is 59.0 Å². The van der Waals surface area contributed by atoms with E-state index in [4.69, 9.17) is 30.8 Å².